The smallest absolute Gasteiger partial charge is 0.233 e. The van der Waals surface area contributed by atoms with Gasteiger partial charge in [0, 0.05) is 19.0 Å². The minimum Gasteiger partial charge on any atom is -0.341 e. The maximum atomic E-state index is 12.9. The minimum absolute atomic E-state index is 0.00739. The zero-order chi connectivity index (χ0) is 16.9. The summed E-state index contributed by atoms with van der Waals surface area (Å²) in [6, 6.07) is 13.9. The SMILES string of the molecule is CN(Cc1ccc(F)cc1)C(=O)CSc1ncnc2ccccc12. The fourth-order valence-electron chi connectivity index (χ4n) is 2.29. The van der Waals surface area contributed by atoms with E-state index in [9.17, 15) is 9.18 Å². The van der Waals surface area contributed by atoms with Crippen molar-refractivity contribution >= 4 is 28.6 Å². The zero-order valence-corrected chi connectivity index (χ0v) is 14.0. The molecule has 0 saturated heterocycles. The van der Waals surface area contributed by atoms with E-state index < -0.39 is 0 Å². The number of fused-ring (bicyclic) bond motifs is 1. The molecule has 0 spiro atoms. The summed E-state index contributed by atoms with van der Waals surface area (Å²) < 4.78 is 12.9. The van der Waals surface area contributed by atoms with Crippen LogP contribution < -0.4 is 0 Å². The number of aromatic nitrogens is 2. The monoisotopic (exact) mass is 341 g/mol. The Morgan fingerprint density at radius 1 is 1.12 bits per heavy atom. The summed E-state index contributed by atoms with van der Waals surface area (Å²) in [5.74, 6) is 0.00422. The first-order valence-electron chi connectivity index (χ1n) is 7.44. The highest BCUT2D eigenvalue weighted by Crippen LogP contribution is 2.24. The average molecular weight is 341 g/mol. The number of para-hydroxylation sites is 1. The molecule has 0 aliphatic rings. The van der Waals surface area contributed by atoms with Crippen molar-refractivity contribution in [1.29, 1.82) is 0 Å². The third-order valence-corrected chi connectivity index (χ3v) is 4.59. The van der Waals surface area contributed by atoms with Crippen LogP contribution in [-0.4, -0.2) is 33.6 Å². The van der Waals surface area contributed by atoms with Gasteiger partial charge < -0.3 is 4.90 Å². The summed E-state index contributed by atoms with van der Waals surface area (Å²) >= 11 is 1.40. The third-order valence-electron chi connectivity index (χ3n) is 3.60. The molecule has 3 aromatic rings. The summed E-state index contributed by atoms with van der Waals surface area (Å²) in [6.07, 6.45) is 1.51. The Morgan fingerprint density at radius 2 is 1.88 bits per heavy atom. The lowest BCUT2D eigenvalue weighted by atomic mass is 10.2. The number of thioether (sulfide) groups is 1. The van der Waals surface area contributed by atoms with E-state index in [2.05, 4.69) is 9.97 Å². The van der Waals surface area contributed by atoms with Gasteiger partial charge in [0.05, 0.1) is 11.3 Å². The fourth-order valence-corrected chi connectivity index (χ4v) is 3.22. The highest BCUT2D eigenvalue weighted by Gasteiger charge is 2.12. The quantitative estimate of drug-likeness (QED) is 0.526. The molecule has 1 aromatic heterocycles. The van der Waals surface area contributed by atoms with Crippen molar-refractivity contribution in [3.63, 3.8) is 0 Å². The van der Waals surface area contributed by atoms with Crippen LogP contribution >= 0.6 is 11.8 Å². The maximum absolute atomic E-state index is 12.9. The second kappa shape index (κ2) is 7.40. The first kappa shape index (κ1) is 16.4. The van der Waals surface area contributed by atoms with Crippen molar-refractivity contribution < 1.29 is 9.18 Å². The van der Waals surface area contributed by atoms with Crippen molar-refractivity contribution in [3.8, 4) is 0 Å². The van der Waals surface area contributed by atoms with Crippen molar-refractivity contribution in [1.82, 2.24) is 14.9 Å². The molecule has 0 bridgehead atoms. The molecule has 122 valence electrons. The third kappa shape index (κ3) is 3.89. The van der Waals surface area contributed by atoms with E-state index in [4.69, 9.17) is 0 Å². The molecular formula is C18H16FN3OS. The fraction of sp³-hybridized carbons (Fsp3) is 0.167. The number of benzene rings is 2. The Morgan fingerprint density at radius 3 is 2.67 bits per heavy atom. The first-order chi connectivity index (χ1) is 11.6. The van der Waals surface area contributed by atoms with Gasteiger partial charge >= 0.3 is 0 Å². The number of carbonyl (C=O) groups excluding carboxylic acids is 1. The Labute approximate surface area is 143 Å². The van der Waals surface area contributed by atoms with E-state index in [1.807, 2.05) is 24.3 Å². The Bertz CT molecular complexity index is 849. The highest BCUT2D eigenvalue weighted by atomic mass is 32.2. The molecule has 0 fully saturated rings. The van der Waals surface area contributed by atoms with Crippen molar-refractivity contribution in [2.75, 3.05) is 12.8 Å². The molecule has 0 saturated carbocycles. The molecule has 0 aliphatic heterocycles. The lowest BCUT2D eigenvalue weighted by Gasteiger charge is -2.17. The Kier molecular flexibility index (Phi) is 5.05. The van der Waals surface area contributed by atoms with E-state index in [1.165, 1.54) is 30.2 Å². The molecule has 1 heterocycles. The first-order valence-corrected chi connectivity index (χ1v) is 8.43. The number of halogens is 1. The van der Waals surface area contributed by atoms with Gasteiger partial charge in [-0.15, -0.1) is 0 Å². The van der Waals surface area contributed by atoms with Gasteiger partial charge in [0.2, 0.25) is 5.91 Å². The summed E-state index contributed by atoms with van der Waals surface area (Å²) in [7, 11) is 1.74. The van der Waals surface area contributed by atoms with Gasteiger partial charge in [-0.2, -0.15) is 0 Å². The zero-order valence-electron chi connectivity index (χ0n) is 13.1. The van der Waals surface area contributed by atoms with E-state index >= 15 is 0 Å². The second-order valence-corrected chi connectivity index (χ2v) is 6.32. The molecule has 1 amide bonds. The molecule has 2 aromatic carbocycles. The van der Waals surface area contributed by atoms with E-state index in [0.717, 1.165) is 21.5 Å². The van der Waals surface area contributed by atoms with Gasteiger partial charge in [-0.25, -0.2) is 14.4 Å². The Hall–Kier alpha value is -2.47. The second-order valence-electron chi connectivity index (χ2n) is 5.36. The molecule has 0 aliphatic carbocycles. The standard InChI is InChI=1S/C18H16FN3OS/c1-22(10-13-6-8-14(19)9-7-13)17(23)11-24-18-15-4-2-3-5-16(15)20-12-21-18/h2-9,12H,10-11H2,1H3. The van der Waals surface area contributed by atoms with Crippen LogP contribution in [0.4, 0.5) is 4.39 Å². The van der Waals surface area contributed by atoms with Crippen molar-refractivity contribution in [3.05, 3.63) is 66.2 Å². The van der Waals surface area contributed by atoms with Crippen LogP contribution in [0.5, 0.6) is 0 Å². The van der Waals surface area contributed by atoms with Crippen LogP contribution in [-0.2, 0) is 11.3 Å². The normalized spacial score (nSPS) is 10.8. The van der Waals surface area contributed by atoms with Crippen molar-refractivity contribution in [2.24, 2.45) is 0 Å². The molecular weight excluding hydrogens is 325 g/mol. The number of amides is 1. The van der Waals surface area contributed by atoms with Gasteiger partial charge in [-0.1, -0.05) is 42.1 Å². The number of hydrogen-bond donors (Lipinski definition) is 0. The molecule has 24 heavy (non-hydrogen) atoms. The van der Waals surface area contributed by atoms with Gasteiger partial charge in [0.25, 0.3) is 0 Å². The lowest BCUT2D eigenvalue weighted by Crippen LogP contribution is -2.27. The maximum Gasteiger partial charge on any atom is 0.233 e. The molecule has 3 rings (SSSR count). The van der Waals surface area contributed by atoms with Gasteiger partial charge in [-0.3, -0.25) is 4.79 Å². The summed E-state index contributed by atoms with van der Waals surface area (Å²) in [5, 5.41) is 1.74. The largest absolute Gasteiger partial charge is 0.341 e. The molecule has 6 heteroatoms. The van der Waals surface area contributed by atoms with Crippen molar-refractivity contribution in [2.45, 2.75) is 11.6 Å². The van der Waals surface area contributed by atoms with Gasteiger partial charge in [0.1, 0.15) is 17.2 Å². The van der Waals surface area contributed by atoms with Gasteiger partial charge in [-0.05, 0) is 23.8 Å². The van der Waals surface area contributed by atoms with E-state index in [0.29, 0.717) is 12.3 Å². The molecule has 4 nitrogen and oxygen atoms in total. The van der Waals surface area contributed by atoms with Gasteiger partial charge in [0.15, 0.2) is 0 Å². The average Bonchev–Trinajstić information content (AvgIpc) is 2.61. The number of hydrogen-bond acceptors (Lipinski definition) is 4. The molecule has 0 atom stereocenters. The van der Waals surface area contributed by atoms with Crippen LogP contribution in [0.15, 0.2) is 59.9 Å². The van der Waals surface area contributed by atoms with Crippen LogP contribution in [0, 0.1) is 5.82 Å². The van der Waals surface area contributed by atoms with Crippen LogP contribution in [0.3, 0.4) is 0 Å². The summed E-state index contributed by atoms with van der Waals surface area (Å²) in [6.45, 7) is 0.449. The molecule has 0 radical (unpaired) electrons. The van der Waals surface area contributed by atoms with Crippen LogP contribution in [0.1, 0.15) is 5.56 Å². The lowest BCUT2D eigenvalue weighted by molar-refractivity contribution is -0.127. The van der Waals surface area contributed by atoms with Crippen LogP contribution in [0.2, 0.25) is 0 Å². The highest BCUT2D eigenvalue weighted by molar-refractivity contribution is 8.00. The van der Waals surface area contributed by atoms with Crippen LogP contribution in [0.25, 0.3) is 10.9 Å². The predicted octanol–water partition coefficient (Wildman–Crippen LogP) is 3.52. The summed E-state index contributed by atoms with van der Waals surface area (Å²) in [5.41, 5.74) is 1.76. The predicted molar refractivity (Wildman–Crippen MR) is 93.1 cm³/mol. The minimum atomic E-state index is -0.279. The number of rotatable bonds is 5. The van der Waals surface area contributed by atoms with E-state index in [-0.39, 0.29) is 11.7 Å². The molecule has 0 N–H and O–H groups in total. The molecule has 0 unspecified atom stereocenters. The van der Waals surface area contributed by atoms with E-state index in [1.54, 1.807) is 24.1 Å². The number of carbonyl (C=O) groups is 1. The topological polar surface area (TPSA) is 46.1 Å². The Balaban J connectivity index is 1.63. The number of nitrogens with zero attached hydrogens (tertiary/aromatic N) is 3. The summed E-state index contributed by atoms with van der Waals surface area (Å²) in [4.78, 5) is 22.4.